The maximum atomic E-state index is 13.8. The second-order valence-electron chi connectivity index (χ2n) is 9.15. The monoisotopic (exact) mass is 412 g/mol. The van der Waals surface area contributed by atoms with E-state index < -0.39 is 12.1 Å². The average Bonchev–Trinajstić information content (AvgIpc) is 3.30. The van der Waals surface area contributed by atoms with Gasteiger partial charge in [-0.2, -0.15) is 0 Å². The lowest BCUT2D eigenvalue weighted by Gasteiger charge is -2.39. The van der Waals surface area contributed by atoms with E-state index in [9.17, 15) is 14.4 Å². The Kier molecular flexibility index (Phi) is 6.19. The molecule has 0 aliphatic carbocycles. The lowest BCUT2D eigenvalue weighted by atomic mass is 9.85. The van der Waals surface area contributed by atoms with Crippen molar-refractivity contribution in [3.63, 3.8) is 0 Å². The number of hydrogen-bond acceptors (Lipinski definition) is 3. The molecule has 0 spiro atoms. The van der Waals surface area contributed by atoms with E-state index in [1.165, 1.54) is 6.92 Å². The third kappa shape index (κ3) is 4.35. The molecule has 162 valence electrons. The number of carbonyl (C=O) groups is 3. The van der Waals surface area contributed by atoms with Crippen molar-refractivity contribution >= 4 is 28.6 Å². The molecule has 2 aromatic rings. The summed E-state index contributed by atoms with van der Waals surface area (Å²) < 4.78 is 0. The average molecular weight is 413 g/mol. The summed E-state index contributed by atoms with van der Waals surface area (Å²) in [6, 6.07) is 6.54. The number of para-hydroxylation sites is 1. The Morgan fingerprint density at radius 3 is 2.53 bits per heavy atom. The molecule has 3 rings (SSSR count). The Labute approximate surface area is 177 Å². The van der Waals surface area contributed by atoms with E-state index in [1.54, 1.807) is 11.9 Å². The van der Waals surface area contributed by atoms with Gasteiger partial charge in [0.05, 0.1) is 0 Å². The second kappa shape index (κ2) is 8.50. The van der Waals surface area contributed by atoms with Gasteiger partial charge in [-0.25, -0.2) is 0 Å². The Hall–Kier alpha value is -2.83. The van der Waals surface area contributed by atoms with E-state index in [0.717, 1.165) is 22.9 Å². The molecule has 1 saturated heterocycles. The van der Waals surface area contributed by atoms with Gasteiger partial charge in [0, 0.05) is 43.5 Å². The van der Waals surface area contributed by atoms with Gasteiger partial charge in [0.2, 0.25) is 17.7 Å². The van der Waals surface area contributed by atoms with Crippen molar-refractivity contribution in [2.24, 2.45) is 5.41 Å². The van der Waals surface area contributed by atoms with Crippen LogP contribution >= 0.6 is 0 Å². The SMILES string of the molecule is CNC(=O)[C@@H]1CC[C@H](C(C)(C)C)N1C(=O)[C@H](Cc1c[nH]c2ccccc12)NC(C)=O. The number of nitrogens with one attached hydrogen (secondary N) is 3. The molecule has 1 aromatic carbocycles. The van der Waals surface area contributed by atoms with Gasteiger partial charge in [-0.3, -0.25) is 14.4 Å². The number of carbonyl (C=O) groups excluding carboxylic acids is 3. The quantitative estimate of drug-likeness (QED) is 0.704. The first-order valence-electron chi connectivity index (χ1n) is 10.5. The van der Waals surface area contributed by atoms with Crippen LogP contribution in [0.25, 0.3) is 10.9 Å². The van der Waals surface area contributed by atoms with Gasteiger partial charge in [-0.15, -0.1) is 0 Å². The zero-order chi connectivity index (χ0) is 22.1. The van der Waals surface area contributed by atoms with Gasteiger partial charge < -0.3 is 20.5 Å². The molecule has 3 N–H and O–H groups in total. The summed E-state index contributed by atoms with van der Waals surface area (Å²) in [5.74, 6) is -0.638. The zero-order valence-corrected chi connectivity index (χ0v) is 18.4. The molecule has 0 bridgehead atoms. The highest BCUT2D eigenvalue weighted by atomic mass is 16.2. The summed E-state index contributed by atoms with van der Waals surface area (Å²) in [5.41, 5.74) is 1.76. The van der Waals surface area contributed by atoms with Gasteiger partial charge >= 0.3 is 0 Å². The molecular weight excluding hydrogens is 380 g/mol. The molecule has 7 heteroatoms. The zero-order valence-electron chi connectivity index (χ0n) is 18.4. The lowest BCUT2D eigenvalue weighted by molar-refractivity contribution is -0.145. The first kappa shape index (κ1) is 21.9. The number of H-pyrrole nitrogens is 1. The summed E-state index contributed by atoms with van der Waals surface area (Å²) >= 11 is 0. The van der Waals surface area contributed by atoms with E-state index in [4.69, 9.17) is 0 Å². The molecular formula is C23H32N4O3. The number of amides is 3. The summed E-state index contributed by atoms with van der Waals surface area (Å²) in [6.07, 6.45) is 3.62. The van der Waals surface area contributed by atoms with Crippen LogP contribution < -0.4 is 10.6 Å². The van der Waals surface area contributed by atoms with Crippen LogP contribution in [-0.2, 0) is 20.8 Å². The second-order valence-corrected chi connectivity index (χ2v) is 9.15. The van der Waals surface area contributed by atoms with Crippen LogP contribution in [0, 0.1) is 5.41 Å². The number of fused-ring (bicyclic) bond motifs is 1. The normalized spacial score (nSPS) is 20.2. The summed E-state index contributed by atoms with van der Waals surface area (Å²) in [7, 11) is 1.59. The number of likely N-dealkylation sites (tertiary alicyclic amines) is 1. The molecule has 2 heterocycles. The van der Waals surface area contributed by atoms with Crippen LogP contribution in [0.4, 0.5) is 0 Å². The van der Waals surface area contributed by atoms with Crippen molar-refractivity contribution < 1.29 is 14.4 Å². The van der Waals surface area contributed by atoms with Gasteiger partial charge in [0.15, 0.2) is 0 Å². The maximum Gasteiger partial charge on any atom is 0.246 e. The molecule has 0 radical (unpaired) electrons. The number of benzene rings is 1. The highest BCUT2D eigenvalue weighted by Gasteiger charge is 2.47. The third-order valence-corrected chi connectivity index (χ3v) is 5.96. The molecule has 1 fully saturated rings. The van der Waals surface area contributed by atoms with E-state index in [0.29, 0.717) is 12.8 Å². The van der Waals surface area contributed by atoms with Crippen molar-refractivity contribution in [3.05, 3.63) is 36.0 Å². The Bertz CT molecular complexity index is 943. The van der Waals surface area contributed by atoms with Crippen molar-refractivity contribution in [1.29, 1.82) is 0 Å². The molecule has 3 atom stereocenters. The number of hydrogen-bond donors (Lipinski definition) is 3. The first-order chi connectivity index (χ1) is 14.1. The van der Waals surface area contributed by atoms with Crippen LogP contribution in [0.2, 0.25) is 0 Å². The van der Waals surface area contributed by atoms with E-state index in [1.807, 2.05) is 30.5 Å². The minimum atomic E-state index is -0.739. The van der Waals surface area contributed by atoms with Crippen molar-refractivity contribution in [3.8, 4) is 0 Å². The number of nitrogens with zero attached hydrogens (tertiary/aromatic N) is 1. The fraction of sp³-hybridized carbons (Fsp3) is 0.522. The predicted molar refractivity (Wildman–Crippen MR) is 117 cm³/mol. The minimum absolute atomic E-state index is 0.0773. The largest absolute Gasteiger partial charge is 0.361 e. The van der Waals surface area contributed by atoms with Crippen LogP contribution in [0.1, 0.15) is 46.1 Å². The predicted octanol–water partition coefficient (Wildman–Crippen LogP) is 2.37. The van der Waals surface area contributed by atoms with Gasteiger partial charge in [-0.1, -0.05) is 39.0 Å². The molecule has 7 nitrogen and oxygen atoms in total. The summed E-state index contributed by atoms with van der Waals surface area (Å²) in [4.78, 5) is 43.2. The molecule has 30 heavy (non-hydrogen) atoms. The van der Waals surface area contributed by atoms with Gasteiger partial charge in [0.1, 0.15) is 12.1 Å². The summed E-state index contributed by atoms with van der Waals surface area (Å²) in [6.45, 7) is 7.66. The number of rotatable bonds is 5. The topological polar surface area (TPSA) is 94.3 Å². The molecule has 0 saturated carbocycles. The molecule has 1 aliphatic heterocycles. The van der Waals surface area contributed by atoms with Crippen LogP contribution in [0.3, 0.4) is 0 Å². The molecule has 1 aromatic heterocycles. The Morgan fingerprint density at radius 1 is 1.20 bits per heavy atom. The Morgan fingerprint density at radius 2 is 1.90 bits per heavy atom. The lowest BCUT2D eigenvalue weighted by Crippen LogP contribution is -2.58. The van der Waals surface area contributed by atoms with Gasteiger partial charge in [0.25, 0.3) is 0 Å². The molecule has 0 unspecified atom stereocenters. The minimum Gasteiger partial charge on any atom is -0.361 e. The van der Waals surface area contributed by atoms with E-state index in [2.05, 4.69) is 36.4 Å². The highest BCUT2D eigenvalue weighted by molar-refractivity contribution is 5.93. The number of likely N-dealkylation sites (N-methyl/N-ethyl adjacent to an activating group) is 1. The fourth-order valence-corrected chi connectivity index (χ4v) is 4.54. The summed E-state index contributed by atoms with van der Waals surface area (Å²) in [5, 5.41) is 6.55. The van der Waals surface area contributed by atoms with Crippen LogP contribution in [-0.4, -0.2) is 52.8 Å². The first-order valence-corrected chi connectivity index (χ1v) is 10.5. The molecule has 1 aliphatic rings. The highest BCUT2D eigenvalue weighted by Crippen LogP contribution is 2.37. The van der Waals surface area contributed by atoms with Crippen molar-refractivity contribution in [2.45, 2.75) is 65.1 Å². The van der Waals surface area contributed by atoms with E-state index >= 15 is 0 Å². The third-order valence-electron chi connectivity index (χ3n) is 5.96. The molecule has 3 amide bonds. The number of aromatic nitrogens is 1. The van der Waals surface area contributed by atoms with E-state index in [-0.39, 0.29) is 29.2 Å². The smallest absolute Gasteiger partial charge is 0.246 e. The number of aromatic amines is 1. The fourth-order valence-electron chi connectivity index (χ4n) is 4.54. The van der Waals surface area contributed by atoms with Crippen LogP contribution in [0.5, 0.6) is 0 Å². The van der Waals surface area contributed by atoms with Crippen molar-refractivity contribution in [2.75, 3.05) is 7.05 Å². The standard InChI is InChI=1S/C23H32N4O3/c1-14(28)26-18(12-15-13-25-17-9-7-6-8-16(15)17)22(30)27-19(21(29)24-5)10-11-20(27)23(2,3)4/h6-9,13,18-20,25H,10-12H2,1-5H3,(H,24,29)(H,26,28)/t18-,19-,20+/m0/s1. The Balaban J connectivity index is 1.95. The van der Waals surface area contributed by atoms with Crippen molar-refractivity contribution in [1.82, 2.24) is 20.5 Å². The van der Waals surface area contributed by atoms with Crippen LogP contribution in [0.15, 0.2) is 30.5 Å². The van der Waals surface area contributed by atoms with Gasteiger partial charge in [-0.05, 0) is 29.9 Å². The maximum absolute atomic E-state index is 13.8.